The van der Waals surface area contributed by atoms with Crippen LogP contribution in [0.1, 0.15) is 33.4 Å². The van der Waals surface area contributed by atoms with E-state index in [4.69, 9.17) is 14.2 Å². The molecule has 1 rings (SSSR count). The monoisotopic (exact) mass is 283 g/mol. The third kappa shape index (κ3) is 5.29. The molecule has 0 fully saturated rings. The van der Waals surface area contributed by atoms with Crippen LogP contribution in [0.15, 0.2) is 6.20 Å². The Morgan fingerprint density at radius 1 is 1.40 bits per heavy atom. The average molecular weight is 283 g/mol. The Bertz CT molecular complexity index is 457. The van der Waals surface area contributed by atoms with Gasteiger partial charge in [0.25, 0.3) is 0 Å². The fourth-order valence-electron chi connectivity index (χ4n) is 1.32. The molecule has 1 N–H and O–H groups in total. The van der Waals surface area contributed by atoms with E-state index >= 15 is 0 Å². The number of hydrogen-bond acceptors (Lipinski definition) is 6. The van der Waals surface area contributed by atoms with Crippen molar-refractivity contribution in [3.63, 3.8) is 0 Å². The second kappa shape index (κ2) is 6.93. The second-order valence-corrected chi connectivity index (χ2v) is 4.95. The van der Waals surface area contributed by atoms with Gasteiger partial charge in [0.2, 0.25) is 11.8 Å². The second-order valence-electron chi connectivity index (χ2n) is 4.95. The van der Waals surface area contributed by atoms with E-state index < -0.39 is 11.7 Å². The molecule has 1 aromatic heterocycles. The molecule has 7 nitrogen and oxygen atoms in total. The van der Waals surface area contributed by atoms with E-state index in [1.54, 1.807) is 20.8 Å². The maximum Gasteiger partial charge on any atom is 0.407 e. The van der Waals surface area contributed by atoms with Crippen LogP contribution < -0.4 is 14.8 Å². The Hall–Kier alpha value is -2.05. The highest BCUT2D eigenvalue weighted by Gasteiger charge is 2.17. The molecule has 1 aromatic rings. The van der Waals surface area contributed by atoms with Gasteiger partial charge in [-0.3, -0.25) is 0 Å². The molecule has 0 saturated carbocycles. The standard InChI is InChI=1S/C13H21N3O4/c1-6-19-11-9(14-8-10(16-11)18-5)7-15-12(17)20-13(2,3)4/h8H,6-7H2,1-5H3,(H,15,17). The molecule has 0 spiro atoms. The van der Waals surface area contributed by atoms with Gasteiger partial charge in [-0.1, -0.05) is 0 Å². The summed E-state index contributed by atoms with van der Waals surface area (Å²) in [5, 5.41) is 2.61. The van der Waals surface area contributed by atoms with Crippen LogP contribution in [0.2, 0.25) is 0 Å². The van der Waals surface area contributed by atoms with Gasteiger partial charge >= 0.3 is 6.09 Å². The number of aromatic nitrogens is 2. The number of ether oxygens (including phenoxy) is 3. The predicted octanol–water partition coefficient (Wildman–Crippen LogP) is 1.91. The Morgan fingerprint density at radius 3 is 2.65 bits per heavy atom. The summed E-state index contributed by atoms with van der Waals surface area (Å²) in [6, 6.07) is 0. The molecule has 1 heterocycles. The lowest BCUT2D eigenvalue weighted by Gasteiger charge is -2.19. The fraction of sp³-hybridized carbons (Fsp3) is 0.615. The van der Waals surface area contributed by atoms with Crippen LogP contribution in [-0.4, -0.2) is 35.4 Å². The van der Waals surface area contributed by atoms with Crippen molar-refractivity contribution in [2.75, 3.05) is 13.7 Å². The Labute approximate surface area is 118 Å². The first-order valence-electron chi connectivity index (χ1n) is 6.35. The van der Waals surface area contributed by atoms with Gasteiger partial charge in [0.15, 0.2) is 0 Å². The summed E-state index contributed by atoms with van der Waals surface area (Å²) in [5.41, 5.74) is -0.0307. The van der Waals surface area contributed by atoms with Crippen molar-refractivity contribution < 1.29 is 19.0 Å². The van der Waals surface area contributed by atoms with Crippen molar-refractivity contribution in [3.8, 4) is 11.8 Å². The first-order valence-corrected chi connectivity index (χ1v) is 6.35. The van der Waals surface area contributed by atoms with Gasteiger partial charge in [0, 0.05) is 0 Å². The van der Waals surface area contributed by atoms with Crippen LogP contribution in [0.3, 0.4) is 0 Å². The van der Waals surface area contributed by atoms with Crippen LogP contribution in [0, 0.1) is 0 Å². The highest BCUT2D eigenvalue weighted by Crippen LogP contribution is 2.17. The minimum atomic E-state index is -0.543. The van der Waals surface area contributed by atoms with Gasteiger partial charge in [-0.05, 0) is 27.7 Å². The minimum Gasteiger partial charge on any atom is -0.480 e. The lowest BCUT2D eigenvalue weighted by atomic mass is 10.2. The highest BCUT2D eigenvalue weighted by molar-refractivity contribution is 5.67. The molecular formula is C13H21N3O4. The number of rotatable bonds is 5. The summed E-state index contributed by atoms with van der Waals surface area (Å²) in [5.74, 6) is 0.692. The molecule has 7 heteroatoms. The molecule has 0 aliphatic heterocycles. The fourth-order valence-corrected chi connectivity index (χ4v) is 1.32. The van der Waals surface area contributed by atoms with Crippen LogP contribution in [0.5, 0.6) is 11.8 Å². The molecule has 112 valence electrons. The van der Waals surface area contributed by atoms with E-state index in [9.17, 15) is 4.79 Å². The number of nitrogens with zero attached hydrogens (tertiary/aromatic N) is 2. The molecule has 1 amide bonds. The first kappa shape index (κ1) is 16.0. The van der Waals surface area contributed by atoms with E-state index in [0.717, 1.165) is 0 Å². The van der Waals surface area contributed by atoms with E-state index in [-0.39, 0.29) is 6.54 Å². The SMILES string of the molecule is CCOc1nc(OC)cnc1CNC(=O)OC(C)(C)C. The molecule has 0 atom stereocenters. The normalized spacial score (nSPS) is 10.8. The van der Waals surface area contributed by atoms with Crippen molar-refractivity contribution in [1.29, 1.82) is 0 Å². The van der Waals surface area contributed by atoms with Crippen LogP contribution >= 0.6 is 0 Å². The van der Waals surface area contributed by atoms with E-state index in [0.29, 0.717) is 24.1 Å². The van der Waals surface area contributed by atoms with Crippen LogP contribution in [0.25, 0.3) is 0 Å². The van der Waals surface area contributed by atoms with Gasteiger partial charge in [0.05, 0.1) is 26.5 Å². The largest absolute Gasteiger partial charge is 0.480 e. The number of carbonyl (C=O) groups is 1. The molecule has 0 aliphatic rings. The first-order chi connectivity index (χ1) is 9.35. The lowest BCUT2D eigenvalue weighted by Crippen LogP contribution is -2.32. The van der Waals surface area contributed by atoms with Crippen molar-refractivity contribution in [3.05, 3.63) is 11.9 Å². The van der Waals surface area contributed by atoms with E-state index in [1.165, 1.54) is 13.3 Å². The number of hydrogen-bond donors (Lipinski definition) is 1. The Balaban J connectivity index is 2.69. The van der Waals surface area contributed by atoms with Crippen LogP contribution in [0.4, 0.5) is 4.79 Å². The molecule has 0 saturated heterocycles. The number of carbonyl (C=O) groups excluding carboxylic acids is 1. The van der Waals surface area contributed by atoms with Crippen LogP contribution in [-0.2, 0) is 11.3 Å². The summed E-state index contributed by atoms with van der Waals surface area (Å²) >= 11 is 0. The third-order valence-electron chi connectivity index (χ3n) is 2.08. The van der Waals surface area contributed by atoms with E-state index in [2.05, 4.69) is 15.3 Å². The van der Waals surface area contributed by atoms with Crippen molar-refractivity contribution in [2.45, 2.75) is 39.8 Å². The summed E-state index contributed by atoms with van der Waals surface area (Å²) in [6.07, 6.45) is 0.951. The predicted molar refractivity (Wildman–Crippen MR) is 72.8 cm³/mol. The molecule has 0 radical (unpaired) electrons. The number of methoxy groups -OCH3 is 1. The van der Waals surface area contributed by atoms with Gasteiger partial charge in [-0.25, -0.2) is 9.78 Å². The molecule has 0 aromatic carbocycles. The smallest absolute Gasteiger partial charge is 0.407 e. The van der Waals surface area contributed by atoms with Gasteiger partial charge in [-0.2, -0.15) is 4.98 Å². The average Bonchev–Trinajstić information content (AvgIpc) is 2.35. The van der Waals surface area contributed by atoms with Gasteiger partial charge in [-0.15, -0.1) is 0 Å². The van der Waals surface area contributed by atoms with Crippen molar-refractivity contribution in [1.82, 2.24) is 15.3 Å². The zero-order chi connectivity index (χ0) is 15.2. The summed E-state index contributed by atoms with van der Waals surface area (Å²) in [6.45, 7) is 7.84. The van der Waals surface area contributed by atoms with E-state index in [1.807, 2.05) is 6.92 Å². The Morgan fingerprint density at radius 2 is 2.10 bits per heavy atom. The topological polar surface area (TPSA) is 82.6 Å². The van der Waals surface area contributed by atoms with Gasteiger partial charge < -0.3 is 19.5 Å². The van der Waals surface area contributed by atoms with Gasteiger partial charge in [0.1, 0.15) is 11.3 Å². The maximum atomic E-state index is 11.6. The molecular weight excluding hydrogens is 262 g/mol. The quantitative estimate of drug-likeness (QED) is 0.888. The molecule has 0 unspecified atom stereocenters. The van der Waals surface area contributed by atoms with Crippen molar-refractivity contribution >= 4 is 6.09 Å². The Kier molecular flexibility index (Phi) is 5.54. The lowest BCUT2D eigenvalue weighted by molar-refractivity contribution is 0.0522. The summed E-state index contributed by atoms with van der Waals surface area (Å²) in [7, 11) is 1.50. The number of alkyl carbamates (subject to hydrolysis) is 1. The summed E-state index contributed by atoms with van der Waals surface area (Å²) < 4.78 is 15.5. The van der Waals surface area contributed by atoms with Crippen molar-refractivity contribution in [2.24, 2.45) is 0 Å². The number of amides is 1. The molecule has 0 aliphatic carbocycles. The summed E-state index contributed by atoms with van der Waals surface area (Å²) in [4.78, 5) is 19.9. The third-order valence-corrected chi connectivity index (χ3v) is 2.08. The highest BCUT2D eigenvalue weighted by atomic mass is 16.6. The minimum absolute atomic E-state index is 0.168. The molecule has 20 heavy (non-hydrogen) atoms. The maximum absolute atomic E-state index is 11.6. The zero-order valence-electron chi connectivity index (χ0n) is 12.5. The zero-order valence-corrected chi connectivity index (χ0v) is 12.5. The molecule has 0 bridgehead atoms. The number of nitrogens with one attached hydrogen (secondary N) is 1.